The van der Waals surface area contributed by atoms with Crippen LogP contribution in [0.15, 0.2) is 42.5 Å². The zero-order valence-corrected chi connectivity index (χ0v) is 15.3. The van der Waals surface area contributed by atoms with Crippen molar-refractivity contribution >= 4 is 11.6 Å². The molecule has 0 saturated carbocycles. The van der Waals surface area contributed by atoms with Crippen molar-refractivity contribution in [2.45, 2.75) is 19.1 Å². The van der Waals surface area contributed by atoms with E-state index in [1.165, 1.54) is 0 Å². The van der Waals surface area contributed by atoms with Crippen LogP contribution in [0, 0.1) is 0 Å². The summed E-state index contributed by atoms with van der Waals surface area (Å²) < 4.78 is 22.3. The summed E-state index contributed by atoms with van der Waals surface area (Å²) in [6.07, 6.45) is -0.134. The van der Waals surface area contributed by atoms with E-state index in [1.54, 1.807) is 18.2 Å². The van der Waals surface area contributed by atoms with E-state index >= 15 is 0 Å². The van der Waals surface area contributed by atoms with Crippen LogP contribution in [-0.2, 0) is 4.79 Å². The number of nitrogens with one attached hydrogen (secondary N) is 1. The highest BCUT2D eigenvalue weighted by Gasteiger charge is 2.26. The lowest BCUT2D eigenvalue weighted by molar-refractivity contribution is -0.120. The lowest BCUT2D eigenvalue weighted by atomic mass is 10.2. The van der Waals surface area contributed by atoms with Gasteiger partial charge in [0.1, 0.15) is 12.7 Å². The van der Waals surface area contributed by atoms with Crippen molar-refractivity contribution in [1.82, 2.24) is 4.90 Å². The number of amides is 1. The van der Waals surface area contributed by atoms with Crippen molar-refractivity contribution < 1.29 is 23.7 Å². The molecule has 7 nitrogen and oxygen atoms in total. The number of fused-ring (bicyclic) bond motifs is 2. The van der Waals surface area contributed by atoms with Gasteiger partial charge in [-0.3, -0.25) is 9.69 Å². The maximum atomic E-state index is 12.6. The zero-order valence-electron chi connectivity index (χ0n) is 15.3. The number of hydrogen-bond donors (Lipinski definition) is 1. The van der Waals surface area contributed by atoms with Crippen LogP contribution in [-0.4, -0.2) is 49.9 Å². The number of hydrogen-bond acceptors (Lipinski definition) is 6. The Morgan fingerprint density at radius 3 is 2.70 bits per heavy atom. The van der Waals surface area contributed by atoms with Gasteiger partial charge in [-0.1, -0.05) is 12.1 Å². The van der Waals surface area contributed by atoms with E-state index in [0.29, 0.717) is 30.3 Å². The molecule has 2 aliphatic heterocycles. The first-order chi connectivity index (χ1) is 13.1. The maximum absolute atomic E-state index is 12.6. The average Bonchev–Trinajstić information content (AvgIpc) is 3.15. The van der Waals surface area contributed by atoms with E-state index in [1.807, 2.05) is 43.1 Å². The van der Waals surface area contributed by atoms with Gasteiger partial charge in [0, 0.05) is 18.3 Å². The van der Waals surface area contributed by atoms with Gasteiger partial charge < -0.3 is 24.3 Å². The summed E-state index contributed by atoms with van der Waals surface area (Å²) in [6.45, 7) is 3.10. The summed E-state index contributed by atoms with van der Waals surface area (Å²) in [4.78, 5) is 14.5. The van der Waals surface area contributed by atoms with Gasteiger partial charge in [0.2, 0.25) is 12.7 Å². The molecule has 2 aliphatic rings. The summed E-state index contributed by atoms with van der Waals surface area (Å²) in [5.41, 5.74) is 0.677. The van der Waals surface area contributed by atoms with Gasteiger partial charge in [-0.2, -0.15) is 0 Å². The molecule has 2 atom stereocenters. The van der Waals surface area contributed by atoms with Crippen LogP contribution < -0.4 is 24.3 Å². The molecule has 142 valence electrons. The Hall–Kier alpha value is -2.93. The van der Waals surface area contributed by atoms with Gasteiger partial charge in [-0.05, 0) is 38.2 Å². The molecule has 0 radical (unpaired) electrons. The third-order valence-corrected chi connectivity index (χ3v) is 4.74. The van der Waals surface area contributed by atoms with E-state index in [0.717, 1.165) is 11.5 Å². The molecule has 0 aliphatic carbocycles. The second-order valence-electron chi connectivity index (χ2n) is 6.67. The van der Waals surface area contributed by atoms with Crippen molar-refractivity contribution in [1.29, 1.82) is 0 Å². The first-order valence-electron chi connectivity index (χ1n) is 8.89. The van der Waals surface area contributed by atoms with Crippen molar-refractivity contribution in [3.8, 4) is 23.0 Å². The second kappa shape index (κ2) is 7.36. The minimum Gasteiger partial charge on any atom is -0.486 e. The third kappa shape index (κ3) is 3.78. The van der Waals surface area contributed by atoms with Crippen LogP contribution in [0.25, 0.3) is 0 Å². The quantitative estimate of drug-likeness (QED) is 0.872. The highest BCUT2D eigenvalue weighted by Crippen LogP contribution is 2.34. The average molecular weight is 370 g/mol. The van der Waals surface area contributed by atoms with Crippen LogP contribution >= 0.6 is 0 Å². The number of carbonyl (C=O) groups is 1. The first-order valence-corrected chi connectivity index (χ1v) is 8.89. The van der Waals surface area contributed by atoms with Gasteiger partial charge in [0.15, 0.2) is 23.0 Å². The first kappa shape index (κ1) is 17.5. The predicted octanol–water partition coefficient (Wildman–Crippen LogP) is 2.51. The highest BCUT2D eigenvalue weighted by molar-refractivity contribution is 5.94. The SMILES string of the molecule is C[C@H](C(=O)Nc1ccc2c(c1)OCO2)N(C)C[C@H]1COc2ccccc2O1. The molecule has 1 N–H and O–H groups in total. The van der Waals surface area contributed by atoms with Crippen LogP contribution in [0.2, 0.25) is 0 Å². The van der Waals surface area contributed by atoms with E-state index in [2.05, 4.69) is 5.32 Å². The number of rotatable bonds is 5. The molecule has 2 aromatic rings. The molecule has 7 heteroatoms. The van der Waals surface area contributed by atoms with Gasteiger partial charge in [0.25, 0.3) is 0 Å². The Morgan fingerprint density at radius 1 is 1.11 bits per heavy atom. The third-order valence-electron chi connectivity index (χ3n) is 4.74. The number of likely N-dealkylation sites (N-methyl/N-ethyl adjacent to an activating group) is 1. The Kier molecular flexibility index (Phi) is 4.77. The van der Waals surface area contributed by atoms with Crippen molar-refractivity contribution in [2.75, 3.05) is 32.3 Å². The lowest BCUT2D eigenvalue weighted by Gasteiger charge is -2.31. The molecule has 0 fully saturated rings. The maximum Gasteiger partial charge on any atom is 0.241 e. The molecular formula is C20H22N2O5. The predicted molar refractivity (Wildman–Crippen MR) is 99.6 cm³/mol. The number of benzene rings is 2. The molecule has 4 rings (SSSR count). The van der Waals surface area contributed by atoms with E-state index in [-0.39, 0.29) is 24.8 Å². The zero-order chi connectivity index (χ0) is 18.8. The Labute approximate surface area is 157 Å². The number of anilines is 1. The lowest BCUT2D eigenvalue weighted by Crippen LogP contribution is -2.46. The topological polar surface area (TPSA) is 69.3 Å². The fourth-order valence-electron chi connectivity index (χ4n) is 3.05. The molecule has 0 aromatic heterocycles. The summed E-state index contributed by atoms with van der Waals surface area (Å²) in [5, 5.41) is 2.92. The molecule has 0 unspecified atom stereocenters. The number of nitrogens with zero attached hydrogens (tertiary/aromatic N) is 1. The van der Waals surface area contributed by atoms with E-state index in [9.17, 15) is 4.79 Å². The Balaban J connectivity index is 1.33. The minimum atomic E-state index is -0.337. The fourth-order valence-corrected chi connectivity index (χ4v) is 3.05. The second-order valence-corrected chi connectivity index (χ2v) is 6.67. The van der Waals surface area contributed by atoms with Crippen LogP contribution in [0.5, 0.6) is 23.0 Å². The molecule has 1 amide bonds. The standard InChI is InChI=1S/C20H22N2O5/c1-13(20(23)21-14-7-8-17-19(9-14)26-12-25-17)22(2)10-15-11-24-16-5-3-4-6-18(16)27-15/h3-9,13,15H,10-12H2,1-2H3,(H,21,23)/t13-,15+/m1/s1. The van der Waals surface area contributed by atoms with Crippen LogP contribution in [0.4, 0.5) is 5.69 Å². The molecule has 0 bridgehead atoms. The number of carbonyl (C=O) groups excluding carboxylic acids is 1. The van der Waals surface area contributed by atoms with Gasteiger partial charge in [-0.15, -0.1) is 0 Å². The molecule has 2 aromatic carbocycles. The number of ether oxygens (including phenoxy) is 4. The van der Waals surface area contributed by atoms with Gasteiger partial charge >= 0.3 is 0 Å². The van der Waals surface area contributed by atoms with Crippen molar-refractivity contribution in [2.24, 2.45) is 0 Å². The van der Waals surface area contributed by atoms with Crippen molar-refractivity contribution in [3.63, 3.8) is 0 Å². The van der Waals surface area contributed by atoms with Crippen LogP contribution in [0.1, 0.15) is 6.92 Å². The van der Waals surface area contributed by atoms with E-state index < -0.39 is 0 Å². The normalized spacial score (nSPS) is 18.3. The summed E-state index contributed by atoms with van der Waals surface area (Å²) in [7, 11) is 1.90. The molecular weight excluding hydrogens is 348 g/mol. The largest absolute Gasteiger partial charge is 0.486 e. The highest BCUT2D eigenvalue weighted by atomic mass is 16.7. The Morgan fingerprint density at radius 2 is 1.85 bits per heavy atom. The number of para-hydroxylation sites is 2. The smallest absolute Gasteiger partial charge is 0.241 e. The Bertz CT molecular complexity index is 841. The van der Waals surface area contributed by atoms with Crippen LogP contribution in [0.3, 0.4) is 0 Å². The van der Waals surface area contributed by atoms with Crippen molar-refractivity contribution in [3.05, 3.63) is 42.5 Å². The fraction of sp³-hybridized carbons (Fsp3) is 0.350. The van der Waals surface area contributed by atoms with E-state index in [4.69, 9.17) is 18.9 Å². The molecule has 2 heterocycles. The molecule has 27 heavy (non-hydrogen) atoms. The summed E-state index contributed by atoms with van der Waals surface area (Å²) >= 11 is 0. The van der Waals surface area contributed by atoms with Gasteiger partial charge in [-0.25, -0.2) is 0 Å². The van der Waals surface area contributed by atoms with Gasteiger partial charge in [0.05, 0.1) is 6.04 Å². The monoisotopic (exact) mass is 370 g/mol. The molecule has 0 spiro atoms. The minimum absolute atomic E-state index is 0.103. The summed E-state index contributed by atoms with van der Waals surface area (Å²) in [6, 6.07) is 12.6. The molecule has 0 saturated heterocycles. The summed E-state index contributed by atoms with van der Waals surface area (Å²) in [5.74, 6) is 2.71.